The first kappa shape index (κ1) is 23.2. The van der Waals surface area contributed by atoms with Crippen LogP contribution in [0.4, 0.5) is 0 Å². The first-order valence-electron chi connectivity index (χ1n) is 11.4. The monoisotopic (exact) mass is 510 g/mol. The van der Waals surface area contributed by atoms with Crippen LogP contribution in [0.5, 0.6) is 0 Å². The molecule has 1 unspecified atom stereocenters. The summed E-state index contributed by atoms with van der Waals surface area (Å²) in [6, 6.07) is 2.11. The Morgan fingerprint density at radius 2 is 2.09 bits per heavy atom. The van der Waals surface area contributed by atoms with Gasteiger partial charge in [0.25, 0.3) is 0 Å². The van der Waals surface area contributed by atoms with Crippen molar-refractivity contribution < 1.29 is 0 Å². The third-order valence-electron chi connectivity index (χ3n) is 6.81. The molecule has 0 aromatic carbocycles. The van der Waals surface area contributed by atoms with E-state index in [-0.39, 0.29) is 11.3 Å². The molecule has 3 aliphatic carbocycles. The average Bonchev–Trinajstić information content (AvgIpc) is 3.43. The maximum atomic E-state index is 13.2. The van der Waals surface area contributed by atoms with E-state index in [0.29, 0.717) is 0 Å². The van der Waals surface area contributed by atoms with Crippen molar-refractivity contribution >= 4 is 63.8 Å². The third-order valence-corrected chi connectivity index (χ3v) is 10.2. The maximum absolute atomic E-state index is 13.2. The number of allylic oxidation sites excluding steroid dienone is 7. The van der Waals surface area contributed by atoms with Crippen LogP contribution < -0.4 is 5.43 Å². The minimum atomic E-state index is 0.220. The Morgan fingerprint density at radius 3 is 2.85 bits per heavy atom. The summed E-state index contributed by atoms with van der Waals surface area (Å²) in [6.45, 7) is 6.63. The van der Waals surface area contributed by atoms with Crippen molar-refractivity contribution in [1.82, 2.24) is 0 Å². The van der Waals surface area contributed by atoms with Crippen LogP contribution in [0.2, 0.25) is 4.34 Å². The zero-order valence-electron chi connectivity index (χ0n) is 19.0. The van der Waals surface area contributed by atoms with E-state index in [1.165, 1.54) is 31.4 Å². The molecule has 0 radical (unpaired) electrons. The quantitative estimate of drug-likeness (QED) is 0.374. The summed E-state index contributed by atoms with van der Waals surface area (Å²) in [6.07, 6.45) is 19.1. The fraction of sp³-hybridized carbons (Fsp3) is 0.321. The summed E-state index contributed by atoms with van der Waals surface area (Å²) in [5.74, 6) is 0.220. The second-order valence-corrected chi connectivity index (χ2v) is 12.7. The molecule has 0 fully saturated rings. The van der Waals surface area contributed by atoms with Crippen LogP contribution in [0, 0.1) is 12.8 Å². The highest BCUT2D eigenvalue weighted by Gasteiger charge is 2.25. The fourth-order valence-corrected chi connectivity index (χ4v) is 8.30. The Balaban J connectivity index is 1.46. The van der Waals surface area contributed by atoms with Gasteiger partial charge >= 0.3 is 0 Å². The Kier molecular flexibility index (Phi) is 6.72. The molecule has 2 heterocycles. The molecule has 0 aliphatic heterocycles. The summed E-state index contributed by atoms with van der Waals surface area (Å²) in [4.78, 5) is 18.2. The fourth-order valence-electron chi connectivity index (χ4n) is 5.15. The molecule has 2 aromatic heterocycles. The highest BCUT2D eigenvalue weighted by molar-refractivity contribution is 8.02. The predicted molar refractivity (Wildman–Crippen MR) is 150 cm³/mol. The van der Waals surface area contributed by atoms with Crippen molar-refractivity contribution in [3.8, 4) is 0 Å². The normalized spacial score (nSPS) is 19.7. The minimum Gasteiger partial charge on any atom is -0.289 e. The van der Waals surface area contributed by atoms with Crippen molar-refractivity contribution in [1.29, 1.82) is 0 Å². The largest absolute Gasteiger partial charge is 0.289 e. The van der Waals surface area contributed by atoms with Gasteiger partial charge in [0.15, 0.2) is 5.43 Å². The molecule has 0 spiro atoms. The Labute approximate surface area is 213 Å². The molecule has 0 saturated heterocycles. The smallest absolute Gasteiger partial charge is 0.191 e. The van der Waals surface area contributed by atoms with Gasteiger partial charge in [-0.05, 0) is 97.1 Å². The van der Waals surface area contributed by atoms with E-state index in [1.807, 2.05) is 6.08 Å². The molecule has 0 bridgehead atoms. The highest BCUT2D eigenvalue weighted by atomic mass is 35.5. The molecular weight excluding hydrogens is 484 g/mol. The number of halogens is 1. The first-order valence-corrected chi connectivity index (χ1v) is 14.7. The summed E-state index contributed by atoms with van der Waals surface area (Å²) in [5, 5.41) is 0. The summed E-state index contributed by atoms with van der Waals surface area (Å²) >= 11 is 11.5. The molecule has 5 heteroatoms. The van der Waals surface area contributed by atoms with Crippen LogP contribution in [0.3, 0.4) is 0 Å². The number of thioether (sulfide) groups is 1. The Bertz CT molecular complexity index is 1320. The second-order valence-electron chi connectivity index (χ2n) is 8.83. The van der Waals surface area contributed by atoms with E-state index in [0.717, 1.165) is 64.4 Å². The molecule has 5 rings (SSSR count). The van der Waals surface area contributed by atoms with Crippen LogP contribution in [0.25, 0.3) is 17.7 Å². The van der Waals surface area contributed by atoms with Crippen LogP contribution in [-0.4, -0.2) is 6.26 Å². The summed E-state index contributed by atoms with van der Waals surface area (Å²) < 4.78 is 0.852. The van der Waals surface area contributed by atoms with Gasteiger partial charge < -0.3 is 0 Å². The summed E-state index contributed by atoms with van der Waals surface area (Å²) in [7, 11) is 0. The van der Waals surface area contributed by atoms with Gasteiger partial charge in [-0.2, -0.15) is 0 Å². The predicted octanol–water partition coefficient (Wildman–Crippen LogP) is 8.72. The van der Waals surface area contributed by atoms with Gasteiger partial charge in [0.2, 0.25) is 0 Å². The molecule has 2 aromatic rings. The van der Waals surface area contributed by atoms with Crippen molar-refractivity contribution in [3.05, 3.63) is 92.8 Å². The van der Waals surface area contributed by atoms with Gasteiger partial charge in [0.05, 0.1) is 4.34 Å². The highest BCUT2D eigenvalue weighted by Crippen LogP contribution is 2.43. The van der Waals surface area contributed by atoms with Crippen molar-refractivity contribution in [3.63, 3.8) is 0 Å². The van der Waals surface area contributed by atoms with Crippen LogP contribution in [0.15, 0.2) is 51.7 Å². The van der Waals surface area contributed by atoms with E-state index in [9.17, 15) is 4.79 Å². The molecule has 0 N–H and O–H groups in total. The minimum absolute atomic E-state index is 0.220. The first-order chi connectivity index (χ1) is 16.0. The molecule has 170 valence electrons. The lowest BCUT2D eigenvalue weighted by molar-refractivity contribution is 0.780. The number of aryl methyl sites for hydroxylation is 2. The second kappa shape index (κ2) is 9.58. The number of hydrogen-bond acceptors (Lipinski definition) is 4. The number of thiophene rings is 1. The van der Waals surface area contributed by atoms with Crippen LogP contribution in [0.1, 0.15) is 57.0 Å². The molecule has 33 heavy (non-hydrogen) atoms. The van der Waals surface area contributed by atoms with Crippen molar-refractivity contribution in [2.45, 2.75) is 45.4 Å². The Hall–Kier alpha value is -1.59. The molecular formula is C28H27ClOS3. The molecule has 0 saturated carbocycles. The molecule has 1 nitrogen and oxygen atoms in total. The van der Waals surface area contributed by atoms with E-state index in [1.54, 1.807) is 34.4 Å². The summed E-state index contributed by atoms with van der Waals surface area (Å²) in [5.41, 5.74) is 7.30. The van der Waals surface area contributed by atoms with Crippen molar-refractivity contribution in [2.24, 2.45) is 5.92 Å². The zero-order chi connectivity index (χ0) is 23.1. The van der Waals surface area contributed by atoms with Gasteiger partial charge in [0.1, 0.15) is 0 Å². The van der Waals surface area contributed by atoms with E-state index in [2.05, 4.69) is 50.1 Å². The SMILES string of the molecule is C=C(/C=C(\SC)C1C=Cc2sc3c(c(=O)c2C1)C=CCC3)C1=C(c2cc(Cl)sc2C)CCC1. The van der Waals surface area contributed by atoms with Crippen LogP contribution >= 0.6 is 46.0 Å². The maximum Gasteiger partial charge on any atom is 0.191 e. The average molecular weight is 511 g/mol. The molecule has 0 amide bonds. The lowest BCUT2D eigenvalue weighted by Gasteiger charge is -2.23. The van der Waals surface area contributed by atoms with Gasteiger partial charge in [-0.25, -0.2) is 0 Å². The number of fused-ring (bicyclic) bond motifs is 2. The number of rotatable bonds is 5. The number of hydrogen-bond donors (Lipinski definition) is 0. The Morgan fingerprint density at radius 1 is 1.24 bits per heavy atom. The lowest BCUT2D eigenvalue weighted by atomic mass is 9.90. The standard InChI is InChI=1S/C28H27ClOS3/c1-16(19-8-6-9-20(19)22-15-27(29)32-17(22)2)13-26(31-3)18-11-12-25-23(14-18)28(30)21-7-4-5-10-24(21)33-25/h4,7,11-13,15,18H,1,5-6,8-10,14H2,2-3H3/b26-13-. The topological polar surface area (TPSA) is 17.1 Å². The lowest BCUT2D eigenvalue weighted by Crippen LogP contribution is -2.21. The van der Waals surface area contributed by atoms with Gasteiger partial charge in [-0.3, -0.25) is 4.79 Å². The van der Waals surface area contributed by atoms with E-state index < -0.39 is 0 Å². The van der Waals surface area contributed by atoms with Crippen molar-refractivity contribution in [2.75, 3.05) is 6.26 Å². The van der Waals surface area contributed by atoms with Gasteiger partial charge in [-0.15, -0.1) is 34.4 Å². The van der Waals surface area contributed by atoms with Gasteiger partial charge in [0, 0.05) is 31.7 Å². The van der Waals surface area contributed by atoms with Crippen LogP contribution in [-0.2, 0) is 12.8 Å². The zero-order valence-corrected chi connectivity index (χ0v) is 22.2. The van der Waals surface area contributed by atoms with E-state index in [4.69, 9.17) is 11.6 Å². The molecule has 3 aliphatic rings. The van der Waals surface area contributed by atoms with E-state index >= 15 is 0 Å². The molecule has 1 atom stereocenters. The van der Waals surface area contributed by atoms with Gasteiger partial charge in [-0.1, -0.05) is 36.4 Å². The third kappa shape index (κ3) is 4.43.